The molecule has 0 spiro atoms. The lowest BCUT2D eigenvalue weighted by Crippen LogP contribution is -2.37. The molecule has 0 radical (unpaired) electrons. The highest BCUT2D eigenvalue weighted by atomic mass is 16.5. The van der Waals surface area contributed by atoms with E-state index in [9.17, 15) is 0 Å². The van der Waals surface area contributed by atoms with Crippen LogP contribution in [-0.4, -0.2) is 43.6 Å². The normalized spacial score (nSPS) is 25.2. The van der Waals surface area contributed by atoms with Crippen LogP contribution in [0.25, 0.3) is 0 Å². The van der Waals surface area contributed by atoms with Gasteiger partial charge in [-0.2, -0.15) is 0 Å². The number of nitrogens with one attached hydrogen (secondary N) is 1. The molecule has 0 bridgehead atoms. The van der Waals surface area contributed by atoms with Gasteiger partial charge in [0.05, 0.1) is 13.2 Å². The van der Waals surface area contributed by atoms with E-state index in [0.717, 1.165) is 31.4 Å². The van der Waals surface area contributed by atoms with E-state index in [1.807, 2.05) is 13.0 Å². The van der Waals surface area contributed by atoms with Gasteiger partial charge in [0.15, 0.2) is 5.96 Å². The number of ether oxygens (including phenoxy) is 1. The molecule has 4 nitrogen and oxygen atoms in total. The molecule has 1 saturated carbocycles. The molecule has 0 unspecified atom stereocenters. The van der Waals surface area contributed by atoms with Crippen molar-refractivity contribution < 1.29 is 4.74 Å². The molecule has 102 valence electrons. The molecule has 2 atom stereocenters. The van der Waals surface area contributed by atoms with Crippen LogP contribution in [0, 0.1) is 0 Å². The van der Waals surface area contributed by atoms with E-state index in [-0.39, 0.29) is 0 Å². The fourth-order valence-corrected chi connectivity index (χ4v) is 2.58. The first-order chi connectivity index (χ1) is 9.28. The number of aliphatic imine (C=N–C) groups is 1. The summed E-state index contributed by atoms with van der Waals surface area (Å²) < 4.78 is 5.56. The summed E-state index contributed by atoms with van der Waals surface area (Å²) in [6, 6.07) is 8.98. The average Bonchev–Trinajstić information content (AvgIpc) is 3.06. The number of likely N-dealkylation sites (N-methyl/N-ethyl adjacent to an activating group) is 1. The smallest absolute Gasteiger partial charge is 0.194 e. The summed E-state index contributed by atoms with van der Waals surface area (Å²) in [7, 11) is 2.09. The van der Waals surface area contributed by atoms with Gasteiger partial charge in [-0.15, -0.1) is 0 Å². The molecule has 1 aromatic carbocycles. The highest BCUT2D eigenvalue weighted by molar-refractivity contribution is 5.82. The zero-order valence-electron chi connectivity index (χ0n) is 11.6. The SMILES string of the molecule is CCOc1cccc([C@@H]2C[C@H]2NC2=NCCN2C)c1. The molecule has 1 aromatic rings. The Hall–Kier alpha value is -1.71. The third-order valence-corrected chi connectivity index (χ3v) is 3.76. The van der Waals surface area contributed by atoms with Crippen LogP contribution >= 0.6 is 0 Å². The van der Waals surface area contributed by atoms with Crippen molar-refractivity contribution in [1.29, 1.82) is 0 Å². The lowest BCUT2D eigenvalue weighted by molar-refractivity contribution is 0.340. The van der Waals surface area contributed by atoms with Gasteiger partial charge in [-0.05, 0) is 31.0 Å². The first-order valence-electron chi connectivity index (χ1n) is 7.03. The monoisotopic (exact) mass is 259 g/mol. The summed E-state index contributed by atoms with van der Waals surface area (Å²) in [5.74, 6) is 2.62. The average molecular weight is 259 g/mol. The molecule has 0 aromatic heterocycles. The van der Waals surface area contributed by atoms with Gasteiger partial charge >= 0.3 is 0 Å². The second kappa shape index (κ2) is 5.11. The van der Waals surface area contributed by atoms with Gasteiger partial charge < -0.3 is 15.0 Å². The molecule has 0 amide bonds. The second-order valence-corrected chi connectivity index (χ2v) is 5.23. The predicted octanol–water partition coefficient (Wildman–Crippen LogP) is 1.83. The first kappa shape index (κ1) is 12.3. The third kappa shape index (κ3) is 2.67. The van der Waals surface area contributed by atoms with Crippen molar-refractivity contribution in [1.82, 2.24) is 10.2 Å². The van der Waals surface area contributed by atoms with E-state index in [1.165, 1.54) is 12.0 Å². The van der Waals surface area contributed by atoms with Crippen molar-refractivity contribution in [3.05, 3.63) is 29.8 Å². The van der Waals surface area contributed by atoms with Crippen LogP contribution in [0.15, 0.2) is 29.3 Å². The summed E-state index contributed by atoms with van der Waals surface area (Å²) in [5.41, 5.74) is 1.37. The van der Waals surface area contributed by atoms with Crippen molar-refractivity contribution in [2.45, 2.75) is 25.3 Å². The summed E-state index contributed by atoms with van der Waals surface area (Å²) in [6.45, 7) is 4.68. The van der Waals surface area contributed by atoms with Gasteiger partial charge in [-0.3, -0.25) is 4.99 Å². The van der Waals surface area contributed by atoms with Crippen molar-refractivity contribution in [3.8, 4) is 5.75 Å². The quantitative estimate of drug-likeness (QED) is 0.896. The Bertz CT molecular complexity index is 486. The van der Waals surface area contributed by atoms with E-state index in [2.05, 4.69) is 40.5 Å². The maximum Gasteiger partial charge on any atom is 0.194 e. The number of hydrogen-bond acceptors (Lipinski definition) is 4. The lowest BCUT2D eigenvalue weighted by atomic mass is 10.1. The van der Waals surface area contributed by atoms with Crippen LogP contribution in [0.3, 0.4) is 0 Å². The van der Waals surface area contributed by atoms with E-state index in [4.69, 9.17) is 4.74 Å². The molecule has 1 aliphatic heterocycles. The highest BCUT2D eigenvalue weighted by Gasteiger charge is 2.39. The standard InChI is InChI=1S/C15H21N3O/c1-3-19-12-6-4-5-11(9-12)13-10-14(13)17-15-16-7-8-18(15)2/h4-6,9,13-14H,3,7-8,10H2,1-2H3,(H,16,17)/t13-,14+/m0/s1. The Balaban J connectivity index is 1.61. The Morgan fingerprint density at radius 2 is 2.37 bits per heavy atom. The molecule has 19 heavy (non-hydrogen) atoms. The number of benzene rings is 1. The molecule has 0 saturated heterocycles. The summed E-state index contributed by atoms with van der Waals surface area (Å²) in [4.78, 5) is 6.67. The zero-order chi connectivity index (χ0) is 13.2. The molecule has 2 aliphatic rings. The number of rotatable bonds is 4. The van der Waals surface area contributed by atoms with Gasteiger partial charge in [-0.1, -0.05) is 12.1 Å². The van der Waals surface area contributed by atoms with Gasteiger partial charge in [0.1, 0.15) is 5.75 Å². The molecule has 1 heterocycles. The zero-order valence-corrected chi connectivity index (χ0v) is 11.6. The minimum atomic E-state index is 0.524. The summed E-state index contributed by atoms with van der Waals surface area (Å²) in [6.07, 6.45) is 1.18. The van der Waals surface area contributed by atoms with Crippen LogP contribution in [0.5, 0.6) is 5.75 Å². The van der Waals surface area contributed by atoms with Gasteiger partial charge in [0, 0.05) is 25.6 Å². The van der Waals surface area contributed by atoms with Gasteiger partial charge in [-0.25, -0.2) is 0 Å². The first-order valence-corrected chi connectivity index (χ1v) is 7.03. The van der Waals surface area contributed by atoms with Gasteiger partial charge in [0.2, 0.25) is 0 Å². The minimum Gasteiger partial charge on any atom is -0.494 e. The van der Waals surface area contributed by atoms with Crippen LogP contribution in [0.2, 0.25) is 0 Å². The maximum absolute atomic E-state index is 5.56. The van der Waals surface area contributed by atoms with Crippen molar-refractivity contribution in [2.75, 3.05) is 26.7 Å². The Morgan fingerprint density at radius 1 is 1.47 bits per heavy atom. The fourth-order valence-electron chi connectivity index (χ4n) is 2.58. The minimum absolute atomic E-state index is 0.524. The van der Waals surface area contributed by atoms with Crippen molar-refractivity contribution in [2.24, 2.45) is 4.99 Å². The fraction of sp³-hybridized carbons (Fsp3) is 0.533. The van der Waals surface area contributed by atoms with Crippen LogP contribution < -0.4 is 10.1 Å². The molecule has 1 N–H and O–H groups in total. The number of guanidine groups is 1. The third-order valence-electron chi connectivity index (χ3n) is 3.76. The van der Waals surface area contributed by atoms with E-state index < -0.39 is 0 Å². The topological polar surface area (TPSA) is 36.9 Å². The predicted molar refractivity (Wildman–Crippen MR) is 76.8 cm³/mol. The number of hydrogen-bond donors (Lipinski definition) is 1. The Kier molecular flexibility index (Phi) is 3.32. The largest absolute Gasteiger partial charge is 0.494 e. The molecule has 3 rings (SSSR count). The number of nitrogens with zero attached hydrogens (tertiary/aromatic N) is 2. The lowest BCUT2D eigenvalue weighted by Gasteiger charge is -2.15. The van der Waals surface area contributed by atoms with Crippen LogP contribution in [0.1, 0.15) is 24.8 Å². The van der Waals surface area contributed by atoms with E-state index in [1.54, 1.807) is 0 Å². The molecular formula is C15H21N3O. The molecular weight excluding hydrogens is 238 g/mol. The molecule has 1 fully saturated rings. The summed E-state index contributed by atoms with van der Waals surface area (Å²) >= 11 is 0. The van der Waals surface area contributed by atoms with Gasteiger partial charge in [0.25, 0.3) is 0 Å². The van der Waals surface area contributed by atoms with Crippen LogP contribution in [0.4, 0.5) is 0 Å². The molecule has 1 aliphatic carbocycles. The van der Waals surface area contributed by atoms with E-state index >= 15 is 0 Å². The maximum atomic E-state index is 5.56. The molecule has 4 heteroatoms. The van der Waals surface area contributed by atoms with Crippen molar-refractivity contribution in [3.63, 3.8) is 0 Å². The Labute approximate surface area is 114 Å². The van der Waals surface area contributed by atoms with Crippen LogP contribution in [-0.2, 0) is 0 Å². The second-order valence-electron chi connectivity index (χ2n) is 5.23. The summed E-state index contributed by atoms with van der Waals surface area (Å²) in [5, 5.41) is 3.54. The van der Waals surface area contributed by atoms with Crippen molar-refractivity contribution >= 4 is 5.96 Å². The Morgan fingerprint density at radius 3 is 3.11 bits per heavy atom. The van der Waals surface area contributed by atoms with E-state index in [0.29, 0.717) is 12.0 Å². The highest BCUT2D eigenvalue weighted by Crippen LogP contribution is 2.41.